The zero-order valence-corrected chi connectivity index (χ0v) is 10.6. The Morgan fingerprint density at radius 3 is 2.88 bits per heavy atom. The van der Waals surface area contributed by atoms with Crippen LogP contribution < -0.4 is 5.32 Å². The summed E-state index contributed by atoms with van der Waals surface area (Å²) < 4.78 is 0. The molecule has 0 aliphatic carbocycles. The van der Waals surface area contributed by atoms with E-state index in [2.05, 4.69) is 10.2 Å². The van der Waals surface area contributed by atoms with Gasteiger partial charge in [0, 0.05) is 36.2 Å². The van der Waals surface area contributed by atoms with Crippen LogP contribution in [-0.2, 0) is 6.54 Å². The SMILES string of the molecule is Clc1ccc(CN2CCC[N]CC2)c(Cl)c1. The number of halogens is 2. The molecule has 2 rings (SSSR count). The molecular weight excluding hydrogens is 243 g/mol. The van der Waals surface area contributed by atoms with Crippen LogP contribution in [0, 0.1) is 0 Å². The summed E-state index contributed by atoms with van der Waals surface area (Å²) >= 11 is 12.0. The summed E-state index contributed by atoms with van der Waals surface area (Å²) in [6.07, 6.45) is 1.14. The van der Waals surface area contributed by atoms with Gasteiger partial charge in [-0.25, -0.2) is 5.32 Å². The van der Waals surface area contributed by atoms with E-state index in [9.17, 15) is 0 Å². The average Bonchev–Trinajstić information content (AvgIpc) is 2.51. The lowest BCUT2D eigenvalue weighted by Crippen LogP contribution is -2.26. The minimum atomic E-state index is 0.694. The minimum Gasteiger partial charge on any atom is -0.298 e. The Morgan fingerprint density at radius 1 is 1.19 bits per heavy atom. The molecule has 0 atom stereocenters. The molecule has 4 heteroatoms. The van der Waals surface area contributed by atoms with Crippen LogP contribution in [-0.4, -0.2) is 31.1 Å². The van der Waals surface area contributed by atoms with E-state index >= 15 is 0 Å². The van der Waals surface area contributed by atoms with E-state index < -0.39 is 0 Å². The maximum atomic E-state index is 6.15. The van der Waals surface area contributed by atoms with E-state index in [-0.39, 0.29) is 0 Å². The first kappa shape index (κ1) is 12.2. The van der Waals surface area contributed by atoms with Gasteiger partial charge in [0.25, 0.3) is 0 Å². The number of benzene rings is 1. The van der Waals surface area contributed by atoms with Crippen LogP contribution in [0.2, 0.25) is 10.0 Å². The van der Waals surface area contributed by atoms with Crippen molar-refractivity contribution in [3.05, 3.63) is 33.8 Å². The molecule has 1 fully saturated rings. The lowest BCUT2D eigenvalue weighted by atomic mass is 10.2. The molecule has 1 aliphatic rings. The van der Waals surface area contributed by atoms with Crippen molar-refractivity contribution in [3.63, 3.8) is 0 Å². The van der Waals surface area contributed by atoms with Crippen LogP contribution in [0.1, 0.15) is 12.0 Å². The fourth-order valence-electron chi connectivity index (χ4n) is 1.89. The summed E-state index contributed by atoms with van der Waals surface area (Å²) in [5, 5.41) is 5.86. The topological polar surface area (TPSA) is 17.3 Å². The fraction of sp³-hybridized carbons (Fsp3) is 0.500. The van der Waals surface area contributed by atoms with E-state index in [0.717, 1.165) is 49.7 Å². The molecule has 0 N–H and O–H groups in total. The van der Waals surface area contributed by atoms with E-state index in [1.54, 1.807) is 6.07 Å². The molecule has 16 heavy (non-hydrogen) atoms. The van der Waals surface area contributed by atoms with E-state index in [0.29, 0.717) is 5.02 Å². The largest absolute Gasteiger partial charge is 0.298 e. The van der Waals surface area contributed by atoms with Gasteiger partial charge in [0.15, 0.2) is 0 Å². The predicted molar refractivity (Wildman–Crippen MR) is 68.2 cm³/mol. The summed E-state index contributed by atoms with van der Waals surface area (Å²) in [5.41, 5.74) is 1.15. The number of rotatable bonds is 2. The Labute approximate surface area is 107 Å². The highest BCUT2D eigenvalue weighted by Gasteiger charge is 2.11. The normalized spacial score (nSPS) is 18.4. The molecule has 0 spiro atoms. The third-order valence-electron chi connectivity index (χ3n) is 2.77. The monoisotopic (exact) mass is 257 g/mol. The Hall–Kier alpha value is -0.280. The standard InChI is InChI=1S/C12H15Cl2N2/c13-11-3-2-10(12(14)8-11)9-16-6-1-4-15-5-7-16/h2-3,8H,1,4-7,9H2. The van der Waals surface area contributed by atoms with Crippen molar-refractivity contribution in [2.24, 2.45) is 0 Å². The lowest BCUT2D eigenvalue weighted by molar-refractivity contribution is 0.284. The first-order chi connectivity index (χ1) is 7.75. The first-order valence-corrected chi connectivity index (χ1v) is 6.31. The molecule has 1 radical (unpaired) electrons. The van der Waals surface area contributed by atoms with E-state index in [1.165, 1.54) is 0 Å². The van der Waals surface area contributed by atoms with Crippen molar-refractivity contribution < 1.29 is 0 Å². The molecule has 87 valence electrons. The van der Waals surface area contributed by atoms with Crippen molar-refractivity contribution in [2.45, 2.75) is 13.0 Å². The van der Waals surface area contributed by atoms with Gasteiger partial charge < -0.3 is 0 Å². The third kappa shape index (κ3) is 3.36. The molecule has 0 amide bonds. The molecule has 2 nitrogen and oxygen atoms in total. The zero-order chi connectivity index (χ0) is 11.4. The Bertz CT molecular complexity index is 347. The number of hydrogen-bond acceptors (Lipinski definition) is 1. The highest BCUT2D eigenvalue weighted by atomic mass is 35.5. The van der Waals surface area contributed by atoms with Gasteiger partial charge in [-0.1, -0.05) is 29.3 Å². The molecular formula is C12H15Cl2N2. The smallest absolute Gasteiger partial charge is 0.0465 e. The van der Waals surface area contributed by atoms with Gasteiger partial charge in [-0.15, -0.1) is 0 Å². The number of nitrogens with zero attached hydrogens (tertiary/aromatic N) is 2. The van der Waals surface area contributed by atoms with Crippen LogP contribution in [0.4, 0.5) is 0 Å². The van der Waals surface area contributed by atoms with Crippen molar-refractivity contribution >= 4 is 23.2 Å². The molecule has 0 unspecified atom stereocenters. The van der Waals surface area contributed by atoms with Gasteiger partial charge in [0.1, 0.15) is 0 Å². The van der Waals surface area contributed by atoms with E-state index in [4.69, 9.17) is 23.2 Å². The molecule has 0 aromatic heterocycles. The highest BCUT2D eigenvalue weighted by Crippen LogP contribution is 2.22. The zero-order valence-electron chi connectivity index (χ0n) is 9.13. The second-order valence-corrected chi connectivity index (χ2v) is 4.88. The van der Waals surface area contributed by atoms with Gasteiger partial charge >= 0.3 is 0 Å². The predicted octanol–water partition coefficient (Wildman–Crippen LogP) is 2.80. The Balaban J connectivity index is 2.01. The second-order valence-electron chi connectivity index (χ2n) is 4.04. The second kappa shape index (κ2) is 5.87. The van der Waals surface area contributed by atoms with Crippen molar-refractivity contribution in [2.75, 3.05) is 26.2 Å². The van der Waals surface area contributed by atoms with E-state index in [1.807, 2.05) is 12.1 Å². The van der Waals surface area contributed by atoms with Gasteiger partial charge in [0.2, 0.25) is 0 Å². The van der Waals surface area contributed by atoms with Gasteiger partial charge in [-0.3, -0.25) is 4.90 Å². The van der Waals surface area contributed by atoms with Gasteiger partial charge in [-0.05, 0) is 30.7 Å². The lowest BCUT2D eigenvalue weighted by Gasteiger charge is -2.19. The summed E-state index contributed by atoms with van der Waals surface area (Å²) in [4.78, 5) is 2.39. The summed E-state index contributed by atoms with van der Waals surface area (Å²) in [6.45, 7) is 4.95. The molecule has 1 heterocycles. The van der Waals surface area contributed by atoms with Crippen molar-refractivity contribution in [3.8, 4) is 0 Å². The Morgan fingerprint density at radius 2 is 2.06 bits per heavy atom. The molecule has 1 aromatic carbocycles. The van der Waals surface area contributed by atoms with Gasteiger partial charge in [0.05, 0.1) is 0 Å². The minimum absolute atomic E-state index is 0.694. The van der Waals surface area contributed by atoms with Crippen LogP contribution in [0.25, 0.3) is 0 Å². The number of hydrogen-bond donors (Lipinski definition) is 0. The molecule has 1 aliphatic heterocycles. The summed E-state index contributed by atoms with van der Waals surface area (Å²) in [7, 11) is 0. The summed E-state index contributed by atoms with van der Waals surface area (Å²) in [5.74, 6) is 0. The van der Waals surface area contributed by atoms with Crippen LogP contribution in [0.3, 0.4) is 0 Å². The fourth-order valence-corrected chi connectivity index (χ4v) is 2.36. The average molecular weight is 258 g/mol. The summed E-state index contributed by atoms with van der Waals surface area (Å²) in [6, 6.07) is 5.71. The Kier molecular flexibility index (Phi) is 4.47. The maximum Gasteiger partial charge on any atom is 0.0465 e. The highest BCUT2D eigenvalue weighted by molar-refractivity contribution is 6.35. The third-order valence-corrected chi connectivity index (χ3v) is 3.36. The van der Waals surface area contributed by atoms with Crippen molar-refractivity contribution in [1.29, 1.82) is 0 Å². The molecule has 0 bridgehead atoms. The maximum absolute atomic E-state index is 6.15. The molecule has 0 saturated carbocycles. The first-order valence-electron chi connectivity index (χ1n) is 5.55. The van der Waals surface area contributed by atoms with Crippen LogP contribution in [0.5, 0.6) is 0 Å². The quantitative estimate of drug-likeness (QED) is 0.797. The molecule has 1 aromatic rings. The van der Waals surface area contributed by atoms with Crippen molar-refractivity contribution in [1.82, 2.24) is 10.2 Å². The molecule has 1 saturated heterocycles. The van der Waals surface area contributed by atoms with Crippen LogP contribution in [0.15, 0.2) is 18.2 Å². The van der Waals surface area contributed by atoms with Crippen LogP contribution >= 0.6 is 23.2 Å². The van der Waals surface area contributed by atoms with Gasteiger partial charge in [-0.2, -0.15) is 0 Å².